The summed E-state index contributed by atoms with van der Waals surface area (Å²) in [5, 5.41) is 11.7. The van der Waals surface area contributed by atoms with Crippen LogP contribution in [0.15, 0.2) is 18.2 Å². The number of carboxylic acids is 1. The lowest BCUT2D eigenvalue weighted by atomic mass is 10.0. The van der Waals surface area contributed by atoms with E-state index in [-0.39, 0.29) is 5.56 Å². The van der Waals surface area contributed by atoms with E-state index < -0.39 is 29.7 Å². The summed E-state index contributed by atoms with van der Waals surface area (Å²) in [6.07, 6.45) is 0. The van der Waals surface area contributed by atoms with Crippen molar-refractivity contribution in [2.24, 2.45) is 11.7 Å². The first-order chi connectivity index (χ1) is 8.32. The van der Waals surface area contributed by atoms with E-state index in [1.807, 2.05) is 0 Å². The van der Waals surface area contributed by atoms with E-state index in [0.29, 0.717) is 5.69 Å². The zero-order valence-corrected chi connectivity index (χ0v) is 10.1. The van der Waals surface area contributed by atoms with E-state index in [1.165, 1.54) is 19.1 Å². The van der Waals surface area contributed by atoms with Crippen molar-refractivity contribution < 1.29 is 19.1 Å². The van der Waals surface area contributed by atoms with Crippen LogP contribution >= 0.6 is 0 Å². The largest absolute Gasteiger partial charge is 0.481 e. The van der Waals surface area contributed by atoms with Gasteiger partial charge in [0.15, 0.2) is 0 Å². The molecule has 0 aliphatic rings. The SMILES string of the molecule is CC(Nc1ccc(F)cc1C(N)=O)C(C)C(=O)O. The van der Waals surface area contributed by atoms with E-state index in [4.69, 9.17) is 10.8 Å². The molecule has 1 aromatic carbocycles. The monoisotopic (exact) mass is 254 g/mol. The van der Waals surface area contributed by atoms with E-state index in [1.54, 1.807) is 6.92 Å². The van der Waals surface area contributed by atoms with Crippen molar-refractivity contribution in [1.82, 2.24) is 0 Å². The van der Waals surface area contributed by atoms with Gasteiger partial charge in [-0.3, -0.25) is 9.59 Å². The third kappa shape index (κ3) is 3.19. The number of carbonyl (C=O) groups is 2. The van der Waals surface area contributed by atoms with Crippen LogP contribution in [-0.2, 0) is 4.79 Å². The number of halogens is 1. The van der Waals surface area contributed by atoms with Crippen LogP contribution in [0.4, 0.5) is 10.1 Å². The third-order valence-electron chi connectivity index (χ3n) is 2.77. The Labute approximate surface area is 104 Å². The van der Waals surface area contributed by atoms with Crippen LogP contribution in [0.1, 0.15) is 24.2 Å². The number of amides is 1. The average Bonchev–Trinajstić information content (AvgIpc) is 2.29. The molecule has 0 heterocycles. The maximum atomic E-state index is 13.0. The summed E-state index contributed by atoms with van der Waals surface area (Å²) in [6, 6.07) is 3.13. The Morgan fingerprint density at radius 2 is 2.00 bits per heavy atom. The number of anilines is 1. The van der Waals surface area contributed by atoms with Crippen molar-refractivity contribution in [3.05, 3.63) is 29.6 Å². The minimum absolute atomic E-state index is 0.000520. The molecule has 0 aliphatic carbocycles. The van der Waals surface area contributed by atoms with Crippen LogP contribution in [0.3, 0.4) is 0 Å². The molecule has 6 heteroatoms. The van der Waals surface area contributed by atoms with Crippen LogP contribution in [0.5, 0.6) is 0 Å². The smallest absolute Gasteiger partial charge is 0.308 e. The molecule has 0 spiro atoms. The lowest BCUT2D eigenvalue weighted by molar-refractivity contribution is -0.141. The van der Waals surface area contributed by atoms with Gasteiger partial charge in [-0.15, -0.1) is 0 Å². The molecule has 0 fully saturated rings. The third-order valence-corrected chi connectivity index (χ3v) is 2.77. The van der Waals surface area contributed by atoms with Gasteiger partial charge >= 0.3 is 5.97 Å². The van der Waals surface area contributed by atoms with Crippen LogP contribution in [0.2, 0.25) is 0 Å². The normalized spacial score (nSPS) is 13.7. The molecule has 0 saturated heterocycles. The fraction of sp³-hybridized carbons (Fsp3) is 0.333. The number of rotatable bonds is 5. The molecular formula is C12H15FN2O3. The molecule has 0 radical (unpaired) electrons. The van der Waals surface area contributed by atoms with Gasteiger partial charge in [0.05, 0.1) is 11.5 Å². The molecule has 0 saturated carbocycles. The van der Waals surface area contributed by atoms with Crippen molar-refractivity contribution in [3.63, 3.8) is 0 Å². The zero-order valence-electron chi connectivity index (χ0n) is 10.1. The predicted molar refractivity (Wildman–Crippen MR) is 64.8 cm³/mol. The Bertz CT molecular complexity index is 476. The first-order valence-corrected chi connectivity index (χ1v) is 5.41. The predicted octanol–water partition coefficient (Wildman–Crippen LogP) is 1.45. The lowest BCUT2D eigenvalue weighted by Crippen LogP contribution is -2.30. The van der Waals surface area contributed by atoms with Gasteiger partial charge in [0.25, 0.3) is 5.91 Å². The summed E-state index contributed by atoms with van der Waals surface area (Å²) >= 11 is 0. The Morgan fingerprint density at radius 3 is 2.50 bits per heavy atom. The van der Waals surface area contributed by atoms with Crippen molar-refractivity contribution in [3.8, 4) is 0 Å². The quantitative estimate of drug-likeness (QED) is 0.741. The van der Waals surface area contributed by atoms with Crippen molar-refractivity contribution >= 4 is 17.6 Å². The summed E-state index contributed by atoms with van der Waals surface area (Å²) in [5.41, 5.74) is 5.46. The molecule has 0 bridgehead atoms. The summed E-state index contributed by atoms with van der Waals surface area (Å²) in [6.45, 7) is 3.19. The van der Waals surface area contributed by atoms with Gasteiger partial charge in [0.1, 0.15) is 5.82 Å². The number of nitrogens with two attached hydrogens (primary N) is 1. The second-order valence-corrected chi connectivity index (χ2v) is 4.11. The Hall–Kier alpha value is -2.11. The summed E-state index contributed by atoms with van der Waals surface area (Å²) in [7, 11) is 0. The molecular weight excluding hydrogens is 239 g/mol. The molecule has 4 N–H and O–H groups in total. The van der Waals surface area contributed by atoms with E-state index in [0.717, 1.165) is 6.07 Å². The zero-order chi connectivity index (χ0) is 13.9. The van der Waals surface area contributed by atoms with E-state index >= 15 is 0 Å². The molecule has 1 rings (SSSR count). The van der Waals surface area contributed by atoms with E-state index in [9.17, 15) is 14.0 Å². The highest BCUT2D eigenvalue weighted by Gasteiger charge is 2.20. The van der Waals surface area contributed by atoms with E-state index in [2.05, 4.69) is 5.32 Å². The Kier molecular flexibility index (Phi) is 4.25. The summed E-state index contributed by atoms with van der Waals surface area (Å²) < 4.78 is 13.0. The average molecular weight is 254 g/mol. The number of primary amides is 1. The van der Waals surface area contributed by atoms with Crippen LogP contribution in [-0.4, -0.2) is 23.0 Å². The van der Waals surface area contributed by atoms with Crippen molar-refractivity contribution in [2.75, 3.05) is 5.32 Å². The minimum atomic E-state index is -0.960. The molecule has 0 aliphatic heterocycles. The van der Waals surface area contributed by atoms with Crippen molar-refractivity contribution in [1.29, 1.82) is 0 Å². The highest BCUT2D eigenvalue weighted by molar-refractivity contribution is 5.98. The number of hydrogen-bond acceptors (Lipinski definition) is 3. The van der Waals surface area contributed by atoms with Crippen LogP contribution in [0.25, 0.3) is 0 Å². The Morgan fingerprint density at radius 1 is 1.39 bits per heavy atom. The standard InChI is InChI=1S/C12H15FN2O3/c1-6(12(17)18)7(2)15-10-4-3-8(13)5-9(10)11(14)16/h3-7,15H,1-2H3,(H2,14,16)(H,17,18). The molecule has 0 aromatic heterocycles. The highest BCUT2D eigenvalue weighted by atomic mass is 19.1. The highest BCUT2D eigenvalue weighted by Crippen LogP contribution is 2.19. The summed E-state index contributed by atoms with van der Waals surface area (Å²) in [4.78, 5) is 22.0. The number of hydrogen-bond donors (Lipinski definition) is 3. The van der Waals surface area contributed by atoms with Gasteiger partial charge in [0, 0.05) is 11.7 Å². The molecule has 1 amide bonds. The summed E-state index contributed by atoms with van der Waals surface area (Å²) in [5.74, 6) is -2.96. The van der Waals surface area contributed by atoms with Gasteiger partial charge in [-0.2, -0.15) is 0 Å². The maximum absolute atomic E-state index is 13.0. The fourth-order valence-electron chi connectivity index (χ4n) is 1.43. The first-order valence-electron chi connectivity index (χ1n) is 5.41. The first kappa shape index (κ1) is 14.0. The number of benzene rings is 1. The number of carbonyl (C=O) groups excluding carboxylic acids is 1. The van der Waals surface area contributed by atoms with Gasteiger partial charge in [-0.05, 0) is 32.0 Å². The molecule has 5 nitrogen and oxygen atoms in total. The molecule has 98 valence electrons. The van der Waals surface area contributed by atoms with Crippen LogP contribution < -0.4 is 11.1 Å². The fourth-order valence-corrected chi connectivity index (χ4v) is 1.43. The molecule has 2 unspecified atom stereocenters. The lowest BCUT2D eigenvalue weighted by Gasteiger charge is -2.20. The second kappa shape index (κ2) is 5.48. The maximum Gasteiger partial charge on any atom is 0.308 e. The second-order valence-electron chi connectivity index (χ2n) is 4.11. The van der Waals surface area contributed by atoms with Crippen LogP contribution in [0, 0.1) is 11.7 Å². The van der Waals surface area contributed by atoms with Gasteiger partial charge < -0.3 is 16.2 Å². The van der Waals surface area contributed by atoms with Gasteiger partial charge in [-0.25, -0.2) is 4.39 Å². The topological polar surface area (TPSA) is 92.4 Å². The number of aliphatic carboxylic acids is 1. The number of nitrogens with one attached hydrogen (secondary N) is 1. The number of carboxylic acid groups (broad SMARTS) is 1. The molecule has 1 aromatic rings. The molecule has 18 heavy (non-hydrogen) atoms. The van der Waals surface area contributed by atoms with Crippen molar-refractivity contribution in [2.45, 2.75) is 19.9 Å². The minimum Gasteiger partial charge on any atom is -0.481 e. The van der Waals surface area contributed by atoms with Gasteiger partial charge in [0.2, 0.25) is 0 Å². The molecule has 2 atom stereocenters. The Balaban J connectivity index is 2.97. The van der Waals surface area contributed by atoms with Gasteiger partial charge in [-0.1, -0.05) is 0 Å².